The molecule has 2 amide bonds. The monoisotopic (exact) mass is 272 g/mol. The lowest BCUT2D eigenvalue weighted by Crippen LogP contribution is -2.44. The molecule has 6 heteroatoms. The van der Waals surface area contributed by atoms with Crippen molar-refractivity contribution >= 4 is 11.8 Å². The van der Waals surface area contributed by atoms with Crippen molar-refractivity contribution in [2.75, 3.05) is 39.8 Å². The molecule has 112 valence electrons. The van der Waals surface area contributed by atoms with Gasteiger partial charge in [0.25, 0.3) is 0 Å². The van der Waals surface area contributed by atoms with E-state index in [9.17, 15) is 9.59 Å². The number of likely N-dealkylation sites (N-methyl/N-ethyl adjacent to an activating group) is 2. The van der Waals surface area contributed by atoms with Gasteiger partial charge >= 0.3 is 0 Å². The highest BCUT2D eigenvalue weighted by molar-refractivity contribution is 5.81. The molecule has 0 aromatic rings. The van der Waals surface area contributed by atoms with Crippen LogP contribution in [0.5, 0.6) is 0 Å². The van der Waals surface area contributed by atoms with E-state index in [1.807, 2.05) is 25.7 Å². The quantitative estimate of drug-likeness (QED) is 0.601. The topological polar surface area (TPSA) is 78.7 Å². The van der Waals surface area contributed by atoms with Crippen LogP contribution in [0.1, 0.15) is 27.2 Å². The molecule has 0 radical (unpaired) electrons. The summed E-state index contributed by atoms with van der Waals surface area (Å²) >= 11 is 0. The number of hydrogen-bond acceptors (Lipinski definition) is 4. The molecule has 0 aliphatic carbocycles. The summed E-state index contributed by atoms with van der Waals surface area (Å²) in [6.45, 7) is 8.20. The molecule has 0 rings (SSSR count). The number of carbonyl (C=O) groups is 2. The van der Waals surface area contributed by atoms with E-state index in [1.165, 1.54) is 0 Å². The van der Waals surface area contributed by atoms with Gasteiger partial charge in [-0.2, -0.15) is 0 Å². The second kappa shape index (κ2) is 9.75. The van der Waals surface area contributed by atoms with Crippen LogP contribution < -0.4 is 11.1 Å². The van der Waals surface area contributed by atoms with Crippen molar-refractivity contribution in [2.45, 2.75) is 33.2 Å². The van der Waals surface area contributed by atoms with Crippen LogP contribution in [0.4, 0.5) is 0 Å². The number of amides is 2. The molecule has 0 aliphatic heterocycles. The Bertz CT molecular complexity index is 282. The number of rotatable bonds is 9. The lowest BCUT2D eigenvalue weighted by molar-refractivity contribution is -0.132. The molecule has 6 nitrogen and oxygen atoms in total. The summed E-state index contributed by atoms with van der Waals surface area (Å²) in [4.78, 5) is 27.1. The number of carbonyl (C=O) groups excluding carboxylic acids is 2. The molecule has 0 saturated heterocycles. The lowest BCUT2D eigenvalue weighted by Gasteiger charge is -2.23. The molecule has 19 heavy (non-hydrogen) atoms. The highest BCUT2D eigenvalue weighted by atomic mass is 16.2. The standard InChI is InChI=1S/C13H28N4O2/c1-5-17(9-12(18)15-11(2)3)10-13(19)16(4)8-6-7-14/h11H,5-10,14H2,1-4H3,(H,15,18). The second-order valence-electron chi connectivity index (χ2n) is 4.98. The number of nitrogens with two attached hydrogens (primary N) is 1. The fraction of sp³-hybridized carbons (Fsp3) is 0.846. The third-order valence-corrected chi connectivity index (χ3v) is 2.75. The average molecular weight is 272 g/mol. The predicted molar refractivity (Wildman–Crippen MR) is 76.7 cm³/mol. The molecular formula is C13H28N4O2. The van der Waals surface area contributed by atoms with E-state index < -0.39 is 0 Å². The maximum absolute atomic E-state index is 11.9. The molecular weight excluding hydrogens is 244 g/mol. The third-order valence-electron chi connectivity index (χ3n) is 2.75. The fourth-order valence-electron chi connectivity index (χ4n) is 1.62. The van der Waals surface area contributed by atoms with Crippen LogP contribution in [-0.4, -0.2) is 67.4 Å². The predicted octanol–water partition coefficient (Wildman–Crippen LogP) is -0.360. The lowest BCUT2D eigenvalue weighted by atomic mass is 10.3. The second-order valence-corrected chi connectivity index (χ2v) is 4.98. The third kappa shape index (κ3) is 8.56. The summed E-state index contributed by atoms with van der Waals surface area (Å²) in [5.41, 5.74) is 5.42. The Morgan fingerprint density at radius 1 is 1.26 bits per heavy atom. The molecule has 0 heterocycles. The zero-order valence-electron chi connectivity index (χ0n) is 12.6. The summed E-state index contributed by atoms with van der Waals surface area (Å²) in [6.07, 6.45) is 0.794. The van der Waals surface area contributed by atoms with E-state index >= 15 is 0 Å². The molecule has 0 fully saturated rings. The van der Waals surface area contributed by atoms with Gasteiger partial charge in [-0.05, 0) is 33.4 Å². The average Bonchev–Trinajstić information content (AvgIpc) is 2.33. The van der Waals surface area contributed by atoms with E-state index in [4.69, 9.17) is 5.73 Å². The molecule has 0 aromatic carbocycles. The minimum absolute atomic E-state index is 0.0210. The molecule has 3 N–H and O–H groups in total. The molecule has 0 unspecified atom stereocenters. The van der Waals surface area contributed by atoms with Gasteiger partial charge < -0.3 is 16.0 Å². The highest BCUT2D eigenvalue weighted by Gasteiger charge is 2.15. The number of hydrogen-bond donors (Lipinski definition) is 2. The summed E-state index contributed by atoms with van der Waals surface area (Å²) in [5, 5.41) is 2.82. The first-order valence-electron chi connectivity index (χ1n) is 6.86. The first-order chi connectivity index (χ1) is 8.90. The van der Waals surface area contributed by atoms with Crippen molar-refractivity contribution in [3.63, 3.8) is 0 Å². The van der Waals surface area contributed by atoms with Crippen LogP contribution in [-0.2, 0) is 9.59 Å². The summed E-state index contributed by atoms with van der Waals surface area (Å²) in [7, 11) is 1.76. The van der Waals surface area contributed by atoms with Crippen LogP contribution in [0.15, 0.2) is 0 Å². The van der Waals surface area contributed by atoms with Gasteiger partial charge in [0.2, 0.25) is 11.8 Å². The van der Waals surface area contributed by atoms with E-state index in [1.54, 1.807) is 11.9 Å². The van der Waals surface area contributed by atoms with Crippen LogP contribution in [0, 0.1) is 0 Å². The molecule has 0 atom stereocenters. The minimum atomic E-state index is -0.0470. The minimum Gasteiger partial charge on any atom is -0.353 e. The Hall–Kier alpha value is -1.14. The molecule has 0 spiro atoms. The van der Waals surface area contributed by atoms with Gasteiger partial charge in [-0.15, -0.1) is 0 Å². The SMILES string of the molecule is CCN(CC(=O)NC(C)C)CC(=O)N(C)CCCN. The Kier molecular flexibility index (Phi) is 9.16. The number of nitrogens with zero attached hydrogens (tertiary/aromatic N) is 2. The Balaban J connectivity index is 4.17. The van der Waals surface area contributed by atoms with Crippen molar-refractivity contribution in [3.8, 4) is 0 Å². The largest absolute Gasteiger partial charge is 0.353 e. The summed E-state index contributed by atoms with van der Waals surface area (Å²) in [5.74, 6) is -0.0260. The number of nitrogens with one attached hydrogen (secondary N) is 1. The van der Waals surface area contributed by atoms with Gasteiger partial charge in [-0.25, -0.2) is 0 Å². The zero-order valence-corrected chi connectivity index (χ0v) is 12.6. The Labute approximate surface area is 116 Å². The van der Waals surface area contributed by atoms with Gasteiger partial charge in [-0.3, -0.25) is 14.5 Å². The van der Waals surface area contributed by atoms with Gasteiger partial charge in [0.15, 0.2) is 0 Å². The van der Waals surface area contributed by atoms with Gasteiger partial charge in [0.1, 0.15) is 0 Å². The van der Waals surface area contributed by atoms with Crippen LogP contribution >= 0.6 is 0 Å². The zero-order chi connectivity index (χ0) is 14.8. The van der Waals surface area contributed by atoms with Crippen molar-refractivity contribution in [2.24, 2.45) is 5.73 Å². The Morgan fingerprint density at radius 2 is 1.89 bits per heavy atom. The molecule has 0 aromatic heterocycles. The normalized spacial score (nSPS) is 10.9. The van der Waals surface area contributed by atoms with Gasteiger partial charge in [0, 0.05) is 19.6 Å². The molecule has 0 bridgehead atoms. The first kappa shape index (κ1) is 17.9. The fourth-order valence-corrected chi connectivity index (χ4v) is 1.62. The van der Waals surface area contributed by atoms with Gasteiger partial charge in [0.05, 0.1) is 13.1 Å². The van der Waals surface area contributed by atoms with Crippen molar-refractivity contribution in [1.82, 2.24) is 15.1 Å². The van der Waals surface area contributed by atoms with E-state index in [0.29, 0.717) is 19.6 Å². The van der Waals surface area contributed by atoms with E-state index in [-0.39, 0.29) is 30.9 Å². The van der Waals surface area contributed by atoms with Crippen LogP contribution in [0.25, 0.3) is 0 Å². The maximum atomic E-state index is 11.9. The molecule has 0 aliphatic rings. The van der Waals surface area contributed by atoms with Gasteiger partial charge in [-0.1, -0.05) is 6.92 Å². The molecule has 0 saturated carbocycles. The smallest absolute Gasteiger partial charge is 0.236 e. The van der Waals surface area contributed by atoms with Crippen LogP contribution in [0.3, 0.4) is 0 Å². The Morgan fingerprint density at radius 3 is 2.37 bits per heavy atom. The summed E-state index contributed by atoms with van der Waals surface area (Å²) < 4.78 is 0. The van der Waals surface area contributed by atoms with E-state index in [0.717, 1.165) is 6.42 Å². The maximum Gasteiger partial charge on any atom is 0.236 e. The highest BCUT2D eigenvalue weighted by Crippen LogP contribution is 1.94. The van der Waals surface area contributed by atoms with Crippen LogP contribution in [0.2, 0.25) is 0 Å². The first-order valence-corrected chi connectivity index (χ1v) is 6.86. The van der Waals surface area contributed by atoms with Crippen molar-refractivity contribution in [1.29, 1.82) is 0 Å². The van der Waals surface area contributed by atoms with Crippen molar-refractivity contribution in [3.05, 3.63) is 0 Å². The van der Waals surface area contributed by atoms with Crippen molar-refractivity contribution < 1.29 is 9.59 Å². The summed E-state index contributed by atoms with van der Waals surface area (Å²) in [6, 6.07) is 0.120. The van der Waals surface area contributed by atoms with E-state index in [2.05, 4.69) is 5.32 Å².